The molecule has 1 atom stereocenters. The lowest BCUT2D eigenvalue weighted by Gasteiger charge is -2.23. The Labute approximate surface area is 270 Å². The van der Waals surface area contributed by atoms with Crippen molar-refractivity contribution in [1.82, 2.24) is 10.2 Å². The van der Waals surface area contributed by atoms with Crippen LogP contribution >= 0.6 is 46.3 Å². The number of rotatable bonds is 8. The Morgan fingerprint density at radius 2 is 1.70 bits per heavy atom. The Balaban J connectivity index is 1.40. The normalized spacial score (nSPS) is 16.1. The van der Waals surface area contributed by atoms with E-state index in [2.05, 4.69) is 34.5 Å². The molecule has 1 amide bonds. The first-order valence-corrected chi connectivity index (χ1v) is 15.8. The third kappa shape index (κ3) is 5.50. The number of ether oxygens (including phenoxy) is 2. The summed E-state index contributed by atoms with van der Waals surface area (Å²) in [6, 6.07) is 22.7. The predicted molar refractivity (Wildman–Crippen MR) is 174 cm³/mol. The Bertz CT molecular complexity index is 1960. The number of hydrogen-bond acceptors (Lipinski definition) is 9. The van der Waals surface area contributed by atoms with Crippen LogP contribution in [0.1, 0.15) is 22.7 Å². The van der Waals surface area contributed by atoms with Crippen LogP contribution in [0.3, 0.4) is 0 Å². The third-order valence-corrected chi connectivity index (χ3v) is 10.0. The highest BCUT2D eigenvalue weighted by molar-refractivity contribution is 8.00. The second kappa shape index (κ2) is 12.5. The van der Waals surface area contributed by atoms with Crippen molar-refractivity contribution in [2.45, 2.75) is 16.1 Å². The molecule has 1 aliphatic heterocycles. The quantitative estimate of drug-likeness (QED) is 0.0587. The second-order valence-corrected chi connectivity index (χ2v) is 12.7. The van der Waals surface area contributed by atoms with Crippen molar-refractivity contribution in [3.63, 3.8) is 0 Å². The highest BCUT2D eigenvalue weighted by Crippen LogP contribution is 2.45. The minimum absolute atomic E-state index is 0.138. The van der Waals surface area contributed by atoms with E-state index < -0.39 is 23.5 Å². The Morgan fingerprint density at radius 3 is 2.48 bits per heavy atom. The molecule has 2 heterocycles. The zero-order valence-electron chi connectivity index (χ0n) is 23.3. The van der Waals surface area contributed by atoms with Crippen LogP contribution in [0.2, 0.25) is 10.0 Å². The monoisotopic (exact) mass is 663 g/mol. The first-order valence-electron chi connectivity index (χ1n) is 13.2. The first-order chi connectivity index (χ1) is 21.3. The number of carbonyl (C=O) groups excluding carboxylic acids is 2. The fourth-order valence-electron chi connectivity index (χ4n) is 5.08. The van der Waals surface area contributed by atoms with E-state index in [0.717, 1.165) is 16.3 Å². The molecular formula is C32H23Cl2N3O5S2. The van der Waals surface area contributed by atoms with Gasteiger partial charge in [0.1, 0.15) is 5.76 Å². The molecule has 1 aliphatic rings. The van der Waals surface area contributed by atoms with Gasteiger partial charge in [-0.05, 0) is 52.2 Å². The van der Waals surface area contributed by atoms with Crippen molar-refractivity contribution in [2.24, 2.45) is 0 Å². The molecule has 0 saturated carbocycles. The summed E-state index contributed by atoms with van der Waals surface area (Å²) in [4.78, 5) is 28.4. The van der Waals surface area contributed by atoms with E-state index in [1.54, 1.807) is 30.3 Å². The summed E-state index contributed by atoms with van der Waals surface area (Å²) < 4.78 is 11.3. The molecule has 44 heavy (non-hydrogen) atoms. The minimum Gasteiger partial charge on any atom is -0.507 e. The summed E-state index contributed by atoms with van der Waals surface area (Å²) in [6.07, 6.45) is 0. The molecular weight excluding hydrogens is 641 g/mol. The second-order valence-electron chi connectivity index (χ2n) is 9.69. The van der Waals surface area contributed by atoms with Gasteiger partial charge in [-0.1, -0.05) is 94.8 Å². The number of fused-ring (bicyclic) bond motifs is 1. The lowest BCUT2D eigenvalue weighted by Crippen LogP contribution is -2.29. The van der Waals surface area contributed by atoms with Gasteiger partial charge in [0, 0.05) is 11.3 Å². The molecule has 0 aliphatic carbocycles. The van der Waals surface area contributed by atoms with Gasteiger partial charge in [0.25, 0.3) is 5.78 Å². The molecule has 1 aromatic heterocycles. The van der Waals surface area contributed by atoms with Gasteiger partial charge in [0.2, 0.25) is 5.13 Å². The van der Waals surface area contributed by atoms with Crippen molar-refractivity contribution in [2.75, 3.05) is 19.1 Å². The van der Waals surface area contributed by atoms with E-state index in [9.17, 15) is 14.7 Å². The fourth-order valence-corrected chi connectivity index (χ4v) is 7.26. The number of nitrogens with zero attached hydrogens (tertiary/aromatic N) is 3. The van der Waals surface area contributed by atoms with Gasteiger partial charge in [0.05, 0.1) is 35.9 Å². The molecule has 0 radical (unpaired) electrons. The highest BCUT2D eigenvalue weighted by Gasteiger charge is 2.48. The number of aliphatic hydroxyl groups is 1. The molecule has 4 aromatic carbocycles. The first kappa shape index (κ1) is 30.0. The van der Waals surface area contributed by atoms with Crippen LogP contribution in [0.4, 0.5) is 5.13 Å². The van der Waals surface area contributed by atoms with Gasteiger partial charge in [-0.25, -0.2) is 0 Å². The average molecular weight is 665 g/mol. The maximum atomic E-state index is 13.6. The number of halogens is 2. The molecule has 1 saturated heterocycles. The van der Waals surface area contributed by atoms with Crippen molar-refractivity contribution >= 4 is 79.7 Å². The molecule has 5 aromatic rings. The summed E-state index contributed by atoms with van der Waals surface area (Å²) in [5.41, 5.74) is 1.71. The van der Waals surface area contributed by atoms with E-state index in [4.69, 9.17) is 32.7 Å². The van der Waals surface area contributed by atoms with Crippen molar-refractivity contribution < 1.29 is 24.2 Å². The number of anilines is 1. The third-order valence-electron chi connectivity index (χ3n) is 7.19. The van der Waals surface area contributed by atoms with E-state index in [1.165, 1.54) is 48.3 Å². The Kier molecular flexibility index (Phi) is 8.50. The molecule has 0 spiro atoms. The van der Waals surface area contributed by atoms with Gasteiger partial charge < -0.3 is 14.6 Å². The van der Waals surface area contributed by atoms with Crippen LogP contribution in [0.5, 0.6) is 11.5 Å². The maximum absolute atomic E-state index is 13.6. The largest absolute Gasteiger partial charge is 0.507 e. The van der Waals surface area contributed by atoms with Gasteiger partial charge in [0.15, 0.2) is 15.8 Å². The molecule has 222 valence electrons. The maximum Gasteiger partial charge on any atom is 0.301 e. The topological polar surface area (TPSA) is 102 Å². The van der Waals surface area contributed by atoms with Crippen LogP contribution < -0.4 is 14.4 Å². The number of aliphatic hydroxyl groups excluding tert-OH is 1. The number of benzene rings is 4. The van der Waals surface area contributed by atoms with Crippen molar-refractivity contribution in [3.05, 3.63) is 111 Å². The molecule has 6 rings (SSSR count). The van der Waals surface area contributed by atoms with E-state index in [0.29, 0.717) is 32.2 Å². The van der Waals surface area contributed by atoms with E-state index in [1.807, 2.05) is 18.2 Å². The van der Waals surface area contributed by atoms with Crippen LogP contribution in [-0.2, 0) is 15.3 Å². The molecule has 0 bridgehead atoms. The summed E-state index contributed by atoms with van der Waals surface area (Å²) in [5.74, 6) is -0.720. The average Bonchev–Trinajstić information content (AvgIpc) is 3.62. The SMILES string of the molecule is COc1ccc(/C(O)=C2\C(=O)C(=O)N(c3nnc(SCc4cccc5ccccc45)s3)C2c2ccc(Cl)c(Cl)c2)cc1OC. The van der Waals surface area contributed by atoms with Crippen LogP contribution in [-0.4, -0.2) is 41.2 Å². The molecule has 1 unspecified atom stereocenters. The highest BCUT2D eigenvalue weighted by atomic mass is 35.5. The van der Waals surface area contributed by atoms with Crippen LogP contribution in [0.15, 0.2) is 88.8 Å². The van der Waals surface area contributed by atoms with Gasteiger partial charge >= 0.3 is 5.91 Å². The van der Waals surface area contributed by atoms with E-state index >= 15 is 0 Å². The number of thioether (sulfide) groups is 1. The number of carbonyl (C=O) groups is 2. The molecule has 1 N–H and O–H groups in total. The zero-order valence-corrected chi connectivity index (χ0v) is 26.4. The smallest absolute Gasteiger partial charge is 0.301 e. The Hall–Kier alpha value is -4.09. The summed E-state index contributed by atoms with van der Waals surface area (Å²) in [5, 5.41) is 23.1. The number of ketones is 1. The van der Waals surface area contributed by atoms with Crippen molar-refractivity contribution in [1.29, 1.82) is 0 Å². The standard InChI is InChI=1S/C32H23Cl2N3O5S2/c1-41-24-13-11-19(15-25(24)42-2)28(38)26-27(18-10-12-22(33)23(34)14-18)37(30(40)29(26)39)31-35-36-32(44-31)43-16-20-8-5-7-17-6-3-4-9-21(17)20/h3-15,27,38H,16H2,1-2H3/b28-26+. The lowest BCUT2D eigenvalue weighted by atomic mass is 9.95. The molecule has 12 heteroatoms. The number of hydrogen-bond donors (Lipinski definition) is 1. The Morgan fingerprint density at radius 1 is 0.932 bits per heavy atom. The van der Waals surface area contributed by atoms with Gasteiger partial charge in [-0.2, -0.15) is 0 Å². The van der Waals surface area contributed by atoms with Crippen LogP contribution in [0.25, 0.3) is 16.5 Å². The van der Waals surface area contributed by atoms with Gasteiger partial charge in [-0.15, -0.1) is 10.2 Å². The zero-order chi connectivity index (χ0) is 31.0. The lowest BCUT2D eigenvalue weighted by molar-refractivity contribution is -0.132. The number of methoxy groups -OCH3 is 2. The molecule has 8 nitrogen and oxygen atoms in total. The predicted octanol–water partition coefficient (Wildman–Crippen LogP) is 7.93. The number of amides is 1. The summed E-state index contributed by atoms with van der Waals surface area (Å²) >= 11 is 15.2. The van der Waals surface area contributed by atoms with E-state index in [-0.39, 0.29) is 21.3 Å². The summed E-state index contributed by atoms with van der Waals surface area (Å²) in [7, 11) is 2.95. The van der Waals surface area contributed by atoms with Crippen LogP contribution in [0, 0.1) is 0 Å². The molecule has 1 fully saturated rings. The minimum atomic E-state index is -1.05. The summed E-state index contributed by atoms with van der Waals surface area (Å²) in [6.45, 7) is 0. The van der Waals surface area contributed by atoms with Crippen molar-refractivity contribution in [3.8, 4) is 11.5 Å². The van der Waals surface area contributed by atoms with Gasteiger partial charge in [-0.3, -0.25) is 14.5 Å². The number of Topliss-reactive ketones (excluding diaryl/α,β-unsaturated/α-hetero) is 1. The number of aromatic nitrogens is 2. The fraction of sp³-hybridized carbons (Fsp3) is 0.125.